The molecule has 0 aromatic rings. The Morgan fingerprint density at radius 2 is 1.96 bits per heavy atom. The van der Waals surface area contributed by atoms with Crippen LogP contribution >= 0.6 is 0 Å². The number of carbonyl (C=O) groups is 3. The summed E-state index contributed by atoms with van der Waals surface area (Å²) in [6, 6.07) is 0. The molecule has 0 radical (unpaired) electrons. The summed E-state index contributed by atoms with van der Waals surface area (Å²) < 4.78 is 4.97. The van der Waals surface area contributed by atoms with Crippen molar-refractivity contribution >= 4 is 17.5 Å². The fourth-order valence-corrected chi connectivity index (χ4v) is 6.18. The SMILES string of the molecule is CC(=O)OCC(=O)C1=CCC2C3CC(C)C4=CC(=O)C=CC4(C)C3=CCC12C. The molecule has 148 valence electrons. The fraction of sp³-hybridized carbons (Fsp3) is 0.542. The zero-order chi connectivity index (χ0) is 20.3. The first-order valence-corrected chi connectivity index (χ1v) is 10.2. The molecule has 0 bridgehead atoms. The van der Waals surface area contributed by atoms with Crippen LogP contribution in [0.5, 0.6) is 0 Å². The number of fused-ring (bicyclic) bond motifs is 5. The van der Waals surface area contributed by atoms with E-state index >= 15 is 0 Å². The lowest BCUT2D eigenvalue weighted by molar-refractivity contribution is -0.145. The Bertz CT molecular complexity index is 886. The monoisotopic (exact) mass is 380 g/mol. The molecule has 4 rings (SSSR count). The summed E-state index contributed by atoms with van der Waals surface area (Å²) in [7, 11) is 0. The molecule has 5 unspecified atom stereocenters. The Balaban J connectivity index is 1.67. The molecule has 0 aromatic carbocycles. The maximum absolute atomic E-state index is 12.7. The van der Waals surface area contributed by atoms with Crippen molar-refractivity contribution in [2.24, 2.45) is 28.6 Å². The van der Waals surface area contributed by atoms with Crippen molar-refractivity contribution in [1.82, 2.24) is 0 Å². The molecule has 0 aliphatic heterocycles. The minimum absolute atomic E-state index is 0.0733. The van der Waals surface area contributed by atoms with Gasteiger partial charge in [0.15, 0.2) is 18.2 Å². The number of ether oxygens (including phenoxy) is 1. The smallest absolute Gasteiger partial charge is 0.303 e. The van der Waals surface area contributed by atoms with Crippen molar-refractivity contribution in [1.29, 1.82) is 0 Å². The summed E-state index contributed by atoms with van der Waals surface area (Å²) >= 11 is 0. The Labute approximate surface area is 166 Å². The second-order valence-electron chi connectivity index (χ2n) is 9.23. The van der Waals surface area contributed by atoms with Crippen LogP contribution in [0.2, 0.25) is 0 Å². The maximum atomic E-state index is 12.7. The van der Waals surface area contributed by atoms with Crippen molar-refractivity contribution in [2.75, 3.05) is 6.61 Å². The zero-order valence-electron chi connectivity index (χ0n) is 17.1. The second-order valence-corrected chi connectivity index (χ2v) is 9.23. The molecule has 0 aromatic heterocycles. The van der Waals surface area contributed by atoms with Crippen LogP contribution in [0, 0.1) is 28.6 Å². The average molecular weight is 380 g/mol. The highest BCUT2D eigenvalue weighted by Gasteiger charge is 2.55. The molecule has 4 nitrogen and oxygen atoms in total. The van der Waals surface area contributed by atoms with Crippen LogP contribution in [0.25, 0.3) is 0 Å². The molecule has 1 fully saturated rings. The predicted octanol–water partition coefficient (Wildman–Crippen LogP) is 4.13. The first kappa shape index (κ1) is 19.1. The van der Waals surface area contributed by atoms with Crippen LogP contribution in [0.4, 0.5) is 0 Å². The molecule has 0 heterocycles. The van der Waals surface area contributed by atoms with E-state index in [4.69, 9.17) is 4.74 Å². The number of allylic oxidation sites excluding steroid dienone is 7. The summed E-state index contributed by atoms with van der Waals surface area (Å²) in [5, 5.41) is 0. The molecule has 0 saturated heterocycles. The number of esters is 1. The summed E-state index contributed by atoms with van der Waals surface area (Å²) in [5.74, 6) is 0.686. The van der Waals surface area contributed by atoms with Crippen LogP contribution in [-0.4, -0.2) is 24.1 Å². The molecular formula is C24H28O4. The normalized spacial score (nSPS) is 38.5. The van der Waals surface area contributed by atoms with E-state index in [2.05, 4.69) is 39.0 Å². The summed E-state index contributed by atoms with van der Waals surface area (Å²) in [6.07, 6.45) is 12.7. The molecule has 4 aliphatic rings. The molecule has 5 atom stereocenters. The first-order valence-electron chi connectivity index (χ1n) is 10.2. The topological polar surface area (TPSA) is 60.4 Å². The minimum Gasteiger partial charge on any atom is -0.457 e. The van der Waals surface area contributed by atoms with E-state index in [1.165, 1.54) is 18.1 Å². The molecule has 4 aliphatic carbocycles. The standard InChI is InChI=1S/C24H28O4/c1-14-11-17-18-5-6-20(22(27)13-28-15(2)25)23(18,3)10-8-19(17)24(4)9-7-16(26)12-21(14)24/h6-9,12,14,17-18H,5,10-11,13H2,1-4H3. The number of rotatable bonds is 3. The Hall–Kier alpha value is -2.23. The largest absolute Gasteiger partial charge is 0.457 e. The Morgan fingerprint density at radius 1 is 1.21 bits per heavy atom. The molecule has 28 heavy (non-hydrogen) atoms. The van der Waals surface area contributed by atoms with Gasteiger partial charge in [-0.2, -0.15) is 0 Å². The van der Waals surface area contributed by atoms with Crippen molar-refractivity contribution in [3.63, 3.8) is 0 Å². The van der Waals surface area contributed by atoms with Gasteiger partial charge in [-0.15, -0.1) is 0 Å². The lowest BCUT2D eigenvalue weighted by Gasteiger charge is -2.53. The number of hydrogen-bond acceptors (Lipinski definition) is 4. The van der Waals surface area contributed by atoms with Gasteiger partial charge in [-0.1, -0.05) is 37.6 Å². The van der Waals surface area contributed by atoms with E-state index in [1.807, 2.05) is 6.08 Å². The van der Waals surface area contributed by atoms with Gasteiger partial charge in [-0.3, -0.25) is 14.4 Å². The van der Waals surface area contributed by atoms with Crippen LogP contribution in [0.15, 0.2) is 47.1 Å². The molecular weight excluding hydrogens is 352 g/mol. The van der Waals surface area contributed by atoms with Gasteiger partial charge in [0, 0.05) is 23.3 Å². The van der Waals surface area contributed by atoms with E-state index in [0.29, 0.717) is 17.8 Å². The van der Waals surface area contributed by atoms with Crippen molar-refractivity contribution in [2.45, 2.75) is 47.0 Å². The van der Waals surface area contributed by atoms with Gasteiger partial charge in [-0.05, 0) is 61.7 Å². The number of ketones is 2. The van der Waals surface area contributed by atoms with Crippen LogP contribution in [-0.2, 0) is 19.1 Å². The second kappa shape index (κ2) is 6.40. The first-order chi connectivity index (χ1) is 13.2. The van der Waals surface area contributed by atoms with Crippen molar-refractivity contribution < 1.29 is 19.1 Å². The Kier molecular flexibility index (Phi) is 4.36. The molecule has 0 N–H and O–H groups in total. The van der Waals surface area contributed by atoms with Gasteiger partial charge >= 0.3 is 5.97 Å². The van der Waals surface area contributed by atoms with Crippen LogP contribution in [0.3, 0.4) is 0 Å². The highest BCUT2D eigenvalue weighted by atomic mass is 16.5. The van der Waals surface area contributed by atoms with Gasteiger partial charge in [0.05, 0.1) is 0 Å². The third-order valence-corrected chi connectivity index (χ3v) is 7.56. The quantitative estimate of drug-likeness (QED) is 0.546. The molecule has 0 spiro atoms. The van der Waals surface area contributed by atoms with Crippen molar-refractivity contribution in [3.8, 4) is 0 Å². The number of hydrogen-bond donors (Lipinski definition) is 0. The van der Waals surface area contributed by atoms with Gasteiger partial charge < -0.3 is 4.74 Å². The maximum Gasteiger partial charge on any atom is 0.303 e. The molecule has 1 saturated carbocycles. The highest BCUT2D eigenvalue weighted by Crippen LogP contribution is 2.63. The number of carbonyl (C=O) groups excluding carboxylic acids is 3. The van der Waals surface area contributed by atoms with E-state index in [9.17, 15) is 14.4 Å². The predicted molar refractivity (Wildman–Crippen MR) is 106 cm³/mol. The highest BCUT2D eigenvalue weighted by molar-refractivity contribution is 6.01. The zero-order valence-corrected chi connectivity index (χ0v) is 17.1. The number of Topliss-reactive ketones (excluding diaryl/α,β-unsaturated/α-hetero) is 1. The van der Waals surface area contributed by atoms with E-state index < -0.39 is 5.97 Å². The summed E-state index contributed by atoms with van der Waals surface area (Å²) in [5.41, 5.74) is 3.05. The van der Waals surface area contributed by atoms with Crippen LogP contribution in [0.1, 0.15) is 47.0 Å². The van der Waals surface area contributed by atoms with Gasteiger partial charge in [0.1, 0.15) is 0 Å². The van der Waals surface area contributed by atoms with E-state index in [1.54, 1.807) is 6.08 Å². The van der Waals surface area contributed by atoms with E-state index in [0.717, 1.165) is 24.8 Å². The summed E-state index contributed by atoms with van der Waals surface area (Å²) in [4.78, 5) is 35.8. The third kappa shape index (κ3) is 2.68. The average Bonchev–Trinajstić information content (AvgIpc) is 2.99. The van der Waals surface area contributed by atoms with Gasteiger partial charge in [0.2, 0.25) is 0 Å². The van der Waals surface area contributed by atoms with Crippen molar-refractivity contribution in [3.05, 3.63) is 47.1 Å². The lowest BCUT2D eigenvalue weighted by atomic mass is 9.50. The molecule has 4 heteroatoms. The fourth-order valence-electron chi connectivity index (χ4n) is 6.18. The van der Waals surface area contributed by atoms with E-state index in [-0.39, 0.29) is 29.0 Å². The van der Waals surface area contributed by atoms with Crippen LogP contribution < -0.4 is 0 Å². The summed E-state index contributed by atoms with van der Waals surface area (Å²) in [6.45, 7) is 7.79. The van der Waals surface area contributed by atoms with Gasteiger partial charge in [0.25, 0.3) is 0 Å². The lowest BCUT2D eigenvalue weighted by Crippen LogP contribution is -2.45. The Morgan fingerprint density at radius 3 is 2.68 bits per heavy atom. The van der Waals surface area contributed by atoms with Gasteiger partial charge in [-0.25, -0.2) is 0 Å². The molecule has 0 amide bonds. The minimum atomic E-state index is -0.425. The third-order valence-electron chi connectivity index (χ3n) is 7.56.